The largest absolute Gasteiger partial charge is 0.454 e. The van der Waals surface area contributed by atoms with Crippen LogP contribution in [0.25, 0.3) is 0 Å². The highest BCUT2D eigenvalue weighted by Crippen LogP contribution is 2.28. The number of Topliss-reactive ketones (excluding diaryl/α,β-unsaturated/α-hetero) is 1. The number of ketones is 1. The van der Waals surface area contributed by atoms with Crippen LogP contribution in [0.4, 0.5) is 11.4 Å². The van der Waals surface area contributed by atoms with Gasteiger partial charge < -0.3 is 10.1 Å². The minimum atomic E-state index is -0.783. The third-order valence-corrected chi connectivity index (χ3v) is 4.15. The van der Waals surface area contributed by atoms with Gasteiger partial charge >= 0.3 is 5.97 Å². The summed E-state index contributed by atoms with van der Waals surface area (Å²) >= 11 is 0. The molecule has 1 aliphatic rings. The Morgan fingerprint density at radius 3 is 2.63 bits per heavy atom. The van der Waals surface area contributed by atoms with Gasteiger partial charge in [-0.3, -0.25) is 24.1 Å². The monoisotopic (exact) mass is 366 g/mol. The molecule has 0 bridgehead atoms. The average molecular weight is 366 g/mol. The van der Waals surface area contributed by atoms with Crippen LogP contribution in [0.3, 0.4) is 0 Å². The van der Waals surface area contributed by atoms with Gasteiger partial charge in [0.25, 0.3) is 17.6 Å². The molecule has 0 fully saturated rings. The van der Waals surface area contributed by atoms with Gasteiger partial charge in [0, 0.05) is 5.69 Å². The molecule has 1 aliphatic heterocycles. The van der Waals surface area contributed by atoms with Crippen LogP contribution in [0.1, 0.15) is 22.8 Å². The number of fused-ring (bicyclic) bond motifs is 1. The van der Waals surface area contributed by atoms with Crippen LogP contribution < -0.4 is 10.2 Å². The fraction of sp³-hybridized carbons (Fsp3) is 0.200. The van der Waals surface area contributed by atoms with Gasteiger partial charge in [-0.15, -0.1) is 0 Å². The molecule has 1 heterocycles. The van der Waals surface area contributed by atoms with Crippen LogP contribution in [0.2, 0.25) is 0 Å². The van der Waals surface area contributed by atoms with E-state index in [9.17, 15) is 19.2 Å². The van der Waals surface area contributed by atoms with Crippen molar-refractivity contribution in [3.8, 4) is 0 Å². The van der Waals surface area contributed by atoms with E-state index < -0.39 is 36.7 Å². The number of nitrogens with zero attached hydrogens (tertiary/aromatic N) is 1. The summed E-state index contributed by atoms with van der Waals surface area (Å²) in [5.74, 6) is -2.70. The predicted octanol–water partition coefficient (Wildman–Crippen LogP) is 1.96. The minimum absolute atomic E-state index is 0.254. The van der Waals surface area contributed by atoms with Gasteiger partial charge in [0.15, 0.2) is 6.61 Å². The fourth-order valence-electron chi connectivity index (χ4n) is 2.79. The van der Waals surface area contributed by atoms with Crippen molar-refractivity contribution in [2.75, 3.05) is 23.4 Å². The van der Waals surface area contributed by atoms with Crippen LogP contribution in [0.5, 0.6) is 0 Å². The third kappa shape index (κ3) is 4.03. The molecule has 7 nitrogen and oxygen atoms in total. The normalized spacial score (nSPS) is 12.7. The highest BCUT2D eigenvalue weighted by atomic mass is 16.5. The molecule has 1 N–H and O–H groups in total. The number of anilines is 2. The minimum Gasteiger partial charge on any atom is -0.454 e. The summed E-state index contributed by atoms with van der Waals surface area (Å²) in [4.78, 5) is 48.9. The summed E-state index contributed by atoms with van der Waals surface area (Å²) in [5, 5.41) is 2.65. The summed E-state index contributed by atoms with van der Waals surface area (Å²) in [6.45, 7) is 1.10. The van der Waals surface area contributed by atoms with E-state index in [-0.39, 0.29) is 5.56 Å². The molecule has 7 heteroatoms. The number of ether oxygens (including phenoxy) is 1. The number of hydrogen-bond acceptors (Lipinski definition) is 5. The van der Waals surface area contributed by atoms with Crippen LogP contribution in [-0.4, -0.2) is 36.7 Å². The first kappa shape index (κ1) is 18.3. The molecule has 0 aliphatic carbocycles. The Morgan fingerprint density at radius 1 is 1.07 bits per heavy atom. The second-order valence-electron chi connectivity index (χ2n) is 6.00. The fourth-order valence-corrected chi connectivity index (χ4v) is 2.79. The number of carbonyl (C=O) groups excluding carboxylic acids is 4. The van der Waals surface area contributed by atoms with Gasteiger partial charge in [-0.25, -0.2) is 0 Å². The van der Waals surface area contributed by atoms with E-state index >= 15 is 0 Å². The van der Waals surface area contributed by atoms with Crippen molar-refractivity contribution in [1.82, 2.24) is 0 Å². The van der Waals surface area contributed by atoms with Gasteiger partial charge in [-0.05, 0) is 36.2 Å². The molecule has 138 valence electrons. The lowest BCUT2D eigenvalue weighted by atomic mass is 10.1. The zero-order chi connectivity index (χ0) is 19.4. The van der Waals surface area contributed by atoms with Crippen molar-refractivity contribution in [1.29, 1.82) is 0 Å². The zero-order valence-corrected chi connectivity index (χ0v) is 14.7. The first-order chi connectivity index (χ1) is 13.0. The maximum absolute atomic E-state index is 12.0. The molecule has 0 saturated carbocycles. The Labute approximate surface area is 155 Å². The SMILES string of the molecule is CCc1cccc(NC(=O)COC(=O)CN2C(=O)C(=O)c3ccccc32)c1. The van der Waals surface area contributed by atoms with Gasteiger partial charge in [0.1, 0.15) is 6.54 Å². The van der Waals surface area contributed by atoms with E-state index in [4.69, 9.17) is 4.74 Å². The molecule has 27 heavy (non-hydrogen) atoms. The second-order valence-corrected chi connectivity index (χ2v) is 6.00. The van der Waals surface area contributed by atoms with Crippen molar-refractivity contribution in [3.05, 3.63) is 59.7 Å². The number of rotatable bonds is 6. The molecule has 0 radical (unpaired) electrons. The lowest BCUT2D eigenvalue weighted by Gasteiger charge is -2.15. The number of aryl methyl sites for hydroxylation is 1. The van der Waals surface area contributed by atoms with Crippen molar-refractivity contribution in [3.63, 3.8) is 0 Å². The zero-order valence-electron chi connectivity index (χ0n) is 14.7. The average Bonchev–Trinajstić information content (AvgIpc) is 2.92. The molecular formula is C20H18N2O5. The topological polar surface area (TPSA) is 92.8 Å². The Hall–Kier alpha value is -3.48. The first-order valence-corrected chi connectivity index (χ1v) is 8.49. The third-order valence-electron chi connectivity index (χ3n) is 4.15. The molecule has 0 aromatic heterocycles. The van der Waals surface area contributed by atoms with E-state index in [0.29, 0.717) is 11.4 Å². The number of amides is 2. The van der Waals surface area contributed by atoms with Crippen LogP contribution in [0, 0.1) is 0 Å². The lowest BCUT2D eigenvalue weighted by Crippen LogP contribution is -2.36. The highest BCUT2D eigenvalue weighted by Gasteiger charge is 2.36. The number of hydrogen-bond donors (Lipinski definition) is 1. The Morgan fingerprint density at radius 2 is 1.85 bits per heavy atom. The highest BCUT2D eigenvalue weighted by molar-refractivity contribution is 6.52. The molecule has 2 aromatic rings. The van der Waals surface area contributed by atoms with E-state index in [2.05, 4.69) is 5.32 Å². The summed E-state index contributed by atoms with van der Waals surface area (Å²) in [6.07, 6.45) is 0.836. The van der Waals surface area contributed by atoms with Gasteiger partial charge in [0.2, 0.25) is 0 Å². The first-order valence-electron chi connectivity index (χ1n) is 8.49. The Balaban J connectivity index is 1.55. The molecule has 2 amide bonds. The van der Waals surface area contributed by atoms with Gasteiger partial charge in [-0.1, -0.05) is 31.2 Å². The maximum Gasteiger partial charge on any atom is 0.326 e. The standard InChI is InChI=1S/C20H18N2O5/c1-2-13-6-5-7-14(10-13)21-17(23)12-27-18(24)11-22-16-9-4-3-8-15(16)19(25)20(22)26/h3-10H,2,11-12H2,1H3,(H,21,23). The number of nitrogens with one attached hydrogen (secondary N) is 1. The maximum atomic E-state index is 12.0. The van der Waals surface area contributed by atoms with Crippen molar-refractivity contribution in [2.24, 2.45) is 0 Å². The van der Waals surface area contributed by atoms with Crippen LogP contribution in [-0.2, 0) is 25.5 Å². The summed E-state index contributed by atoms with van der Waals surface area (Å²) in [7, 11) is 0. The number of carbonyl (C=O) groups is 4. The lowest BCUT2D eigenvalue weighted by molar-refractivity contribution is -0.146. The van der Waals surface area contributed by atoms with Crippen LogP contribution >= 0.6 is 0 Å². The van der Waals surface area contributed by atoms with Gasteiger partial charge in [0.05, 0.1) is 11.3 Å². The van der Waals surface area contributed by atoms with E-state index in [1.165, 1.54) is 6.07 Å². The summed E-state index contributed by atoms with van der Waals surface area (Å²) in [5.41, 5.74) is 2.31. The van der Waals surface area contributed by atoms with Crippen molar-refractivity contribution >= 4 is 34.9 Å². The molecule has 0 atom stereocenters. The van der Waals surface area contributed by atoms with Gasteiger partial charge in [-0.2, -0.15) is 0 Å². The summed E-state index contributed by atoms with van der Waals surface area (Å²) in [6, 6.07) is 13.8. The number of para-hydroxylation sites is 1. The molecule has 0 saturated heterocycles. The molecular weight excluding hydrogens is 348 g/mol. The van der Waals surface area contributed by atoms with E-state index in [1.54, 1.807) is 24.3 Å². The Kier molecular flexibility index (Phi) is 5.30. The van der Waals surface area contributed by atoms with Crippen molar-refractivity contribution < 1.29 is 23.9 Å². The second kappa shape index (κ2) is 7.82. The molecule has 2 aromatic carbocycles. The predicted molar refractivity (Wildman–Crippen MR) is 98.5 cm³/mol. The smallest absolute Gasteiger partial charge is 0.326 e. The summed E-state index contributed by atoms with van der Waals surface area (Å²) < 4.78 is 4.94. The molecule has 3 rings (SSSR count). The Bertz CT molecular complexity index is 922. The van der Waals surface area contributed by atoms with Crippen molar-refractivity contribution in [2.45, 2.75) is 13.3 Å². The van der Waals surface area contributed by atoms with E-state index in [1.807, 2.05) is 25.1 Å². The van der Waals surface area contributed by atoms with E-state index in [0.717, 1.165) is 16.9 Å². The molecule has 0 unspecified atom stereocenters. The number of esters is 1. The quantitative estimate of drug-likeness (QED) is 0.623. The van der Waals surface area contributed by atoms with Crippen LogP contribution in [0.15, 0.2) is 48.5 Å². The number of benzene rings is 2. The molecule has 0 spiro atoms.